The van der Waals surface area contributed by atoms with E-state index in [1.54, 1.807) is 0 Å². The van der Waals surface area contributed by atoms with Gasteiger partial charge in [-0.15, -0.1) is 11.6 Å². The van der Waals surface area contributed by atoms with Crippen LogP contribution in [0.5, 0.6) is 0 Å². The van der Waals surface area contributed by atoms with E-state index in [4.69, 9.17) is 11.6 Å². The highest BCUT2D eigenvalue weighted by molar-refractivity contribution is 6.17. The van der Waals surface area contributed by atoms with Crippen molar-refractivity contribution in [3.63, 3.8) is 0 Å². The van der Waals surface area contributed by atoms with Gasteiger partial charge in [-0.25, -0.2) is 0 Å². The van der Waals surface area contributed by atoms with Crippen molar-refractivity contribution in [3.05, 3.63) is 0 Å². The summed E-state index contributed by atoms with van der Waals surface area (Å²) in [6.07, 6.45) is 0.904. The summed E-state index contributed by atoms with van der Waals surface area (Å²) in [5.74, 6) is 0.680. The van der Waals surface area contributed by atoms with Gasteiger partial charge in [-0.05, 0) is 38.6 Å². The number of hydrogen-bond acceptors (Lipinski definition) is 2. The molecule has 0 bridgehead atoms. The predicted molar refractivity (Wildman–Crippen MR) is 66.0 cm³/mol. The Balaban J connectivity index is 2.07. The van der Waals surface area contributed by atoms with E-state index in [9.17, 15) is 13.2 Å². The summed E-state index contributed by atoms with van der Waals surface area (Å²) in [5, 5.41) is 0. The lowest BCUT2D eigenvalue weighted by Gasteiger charge is -2.24. The first kappa shape index (κ1) is 16.1. The second-order valence-electron chi connectivity index (χ2n) is 4.68. The highest BCUT2D eigenvalue weighted by Crippen LogP contribution is 2.21. The molecule has 0 aromatic carbocycles. The SMILES string of the molecule is FC(F)(F)COCCCN1CCCC1CCCCl. The monoisotopic (exact) mass is 287 g/mol. The van der Waals surface area contributed by atoms with Crippen molar-refractivity contribution >= 4 is 11.6 Å². The molecule has 0 saturated carbocycles. The molecule has 1 aliphatic heterocycles. The minimum absolute atomic E-state index is 0.179. The molecule has 0 aromatic heterocycles. The molecule has 2 nitrogen and oxygen atoms in total. The van der Waals surface area contributed by atoms with Gasteiger partial charge in [-0.3, -0.25) is 0 Å². The first-order valence-electron chi connectivity index (χ1n) is 6.47. The topological polar surface area (TPSA) is 12.5 Å². The van der Waals surface area contributed by atoms with Gasteiger partial charge >= 0.3 is 6.18 Å². The van der Waals surface area contributed by atoms with Crippen molar-refractivity contribution in [2.45, 2.75) is 44.3 Å². The van der Waals surface area contributed by atoms with Gasteiger partial charge in [0.15, 0.2) is 0 Å². The van der Waals surface area contributed by atoms with E-state index in [1.807, 2.05) is 0 Å². The van der Waals surface area contributed by atoms with Gasteiger partial charge in [0, 0.05) is 25.1 Å². The third-order valence-electron chi connectivity index (χ3n) is 3.17. The van der Waals surface area contributed by atoms with Crippen LogP contribution in [0.15, 0.2) is 0 Å². The average molecular weight is 288 g/mol. The molecule has 0 aliphatic carbocycles. The third kappa shape index (κ3) is 6.81. The summed E-state index contributed by atoms with van der Waals surface area (Å²) in [6, 6.07) is 0.561. The second-order valence-corrected chi connectivity index (χ2v) is 5.06. The number of alkyl halides is 4. The Morgan fingerprint density at radius 3 is 2.72 bits per heavy atom. The van der Waals surface area contributed by atoms with Gasteiger partial charge in [0.2, 0.25) is 0 Å². The summed E-state index contributed by atoms with van der Waals surface area (Å²) < 4.78 is 40.1. The van der Waals surface area contributed by atoms with E-state index >= 15 is 0 Å². The number of hydrogen-bond donors (Lipinski definition) is 0. The smallest absolute Gasteiger partial charge is 0.372 e. The lowest BCUT2D eigenvalue weighted by molar-refractivity contribution is -0.174. The molecule has 0 amide bonds. The van der Waals surface area contributed by atoms with Crippen LogP contribution < -0.4 is 0 Å². The fraction of sp³-hybridized carbons (Fsp3) is 1.00. The molecule has 0 N–H and O–H groups in total. The Labute approximate surface area is 111 Å². The van der Waals surface area contributed by atoms with Crippen molar-refractivity contribution in [2.24, 2.45) is 0 Å². The van der Waals surface area contributed by atoms with E-state index in [-0.39, 0.29) is 6.61 Å². The summed E-state index contributed by atoms with van der Waals surface area (Å²) >= 11 is 5.67. The normalized spacial score (nSPS) is 21.7. The molecule has 1 unspecified atom stereocenters. The molecule has 1 aliphatic rings. The zero-order valence-corrected chi connectivity index (χ0v) is 11.3. The second kappa shape index (κ2) is 8.23. The Morgan fingerprint density at radius 2 is 2.06 bits per heavy atom. The van der Waals surface area contributed by atoms with Crippen LogP contribution >= 0.6 is 11.6 Å². The van der Waals surface area contributed by atoms with Gasteiger partial charge in [0.1, 0.15) is 6.61 Å². The quantitative estimate of drug-likeness (QED) is 0.501. The molecule has 18 heavy (non-hydrogen) atoms. The van der Waals surface area contributed by atoms with Crippen molar-refractivity contribution in [1.82, 2.24) is 4.90 Å². The third-order valence-corrected chi connectivity index (χ3v) is 3.44. The molecule has 0 aromatic rings. The lowest BCUT2D eigenvalue weighted by Crippen LogP contribution is -2.31. The minimum Gasteiger partial charge on any atom is -0.372 e. The summed E-state index contributed by atoms with van der Waals surface area (Å²) in [6.45, 7) is 0.915. The number of ether oxygens (including phenoxy) is 1. The van der Waals surface area contributed by atoms with Gasteiger partial charge in [0.05, 0.1) is 0 Å². The van der Waals surface area contributed by atoms with E-state index in [2.05, 4.69) is 9.64 Å². The highest BCUT2D eigenvalue weighted by Gasteiger charge is 2.27. The van der Waals surface area contributed by atoms with Crippen LogP contribution in [0.1, 0.15) is 32.1 Å². The van der Waals surface area contributed by atoms with E-state index < -0.39 is 12.8 Å². The molecule has 1 saturated heterocycles. The highest BCUT2D eigenvalue weighted by atomic mass is 35.5. The number of likely N-dealkylation sites (tertiary alicyclic amines) is 1. The van der Waals surface area contributed by atoms with Gasteiger partial charge in [-0.2, -0.15) is 13.2 Å². The Morgan fingerprint density at radius 1 is 1.28 bits per heavy atom. The molecule has 0 radical (unpaired) electrons. The van der Waals surface area contributed by atoms with E-state index in [1.165, 1.54) is 12.8 Å². The molecule has 1 fully saturated rings. The first-order chi connectivity index (χ1) is 8.53. The molecule has 1 atom stereocenters. The van der Waals surface area contributed by atoms with Gasteiger partial charge in [-0.1, -0.05) is 0 Å². The van der Waals surface area contributed by atoms with Crippen LogP contribution in [0.4, 0.5) is 13.2 Å². The molecule has 1 rings (SSSR count). The fourth-order valence-corrected chi connectivity index (χ4v) is 2.54. The van der Waals surface area contributed by atoms with Crippen molar-refractivity contribution in [1.29, 1.82) is 0 Å². The summed E-state index contributed by atoms with van der Waals surface area (Å²) in [7, 11) is 0. The van der Waals surface area contributed by atoms with Crippen molar-refractivity contribution < 1.29 is 17.9 Å². The van der Waals surface area contributed by atoms with E-state index in [0.717, 1.165) is 25.9 Å². The first-order valence-corrected chi connectivity index (χ1v) is 7.01. The van der Waals surface area contributed by atoms with Crippen LogP contribution in [0.25, 0.3) is 0 Å². The van der Waals surface area contributed by atoms with Crippen LogP contribution in [-0.4, -0.2) is 49.3 Å². The molecule has 1 heterocycles. The Bertz CT molecular complexity index is 226. The van der Waals surface area contributed by atoms with E-state index in [0.29, 0.717) is 18.3 Å². The van der Waals surface area contributed by atoms with Crippen LogP contribution in [-0.2, 0) is 4.74 Å². The predicted octanol–water partition coefficient (Wildman–Crippen LogP) is 3.44. The van der Waals surface area contributed by atoms with Gasteiger partial charge in [0.25, 0.3) is 0 Å². The molecular formula is C12H21ClF3NO. The average Bonchev–Trinajstić information content (AvgIpc) is 2.72. The number of nitrogens with zero attached hydrogens (tertiary/aromatic N) is 1. The maximum atomic E-state index is 11.8. The van der Waals surface area contributed by atoms with Crippen LogP contribution in [0.2, 0.25) is 0 Å². The van der Waals surface area contributed by atoms with Gasteiger partial charge < -0.3 is 9.64 Å². The van der Waals surface area contributed by atoms with Crippen LogP contribution in [0, 0.1) is 0 Å². The Hall–Kier alpha value is 0. The fourth-order valence-electron chi connectivity index (χ4n) is 2.39. The van der Waals surface area contributed by atoms with Crippen molar-refractivity contribution in [3.8, 4) is 0 Å². The molecule has 108 valence electrons. The maximum Gasteiger partial charge on any atom is 0.411 e. The minimum atomic E-state index is -4.21. The maximum absolute atomic E-state index is 11.8. The standard InChI is InChI=1S/C12H21ClF3NO/c13-6-1-4-11-5-2-7-17(11)8-3-9-18-10-12(14,15)16/h11H,1-10H2. The zero-order valence-electron chi connectivity index (χ0n) is 10.5. The largest absolute Gasteiger partial charge is 0.411 e. The molecule has 6 heteroatoms. The summed E-state index contributed by atoms with van der Waals surface area (Å²) in [5.41, 5.74) is 0. The van der Waals surface area contributed by atoms with Crippen molar-refractivity contribution in [2.75, 3.05) is 32.2 Å². The Kier molecular flexibility index (Phi) is 7.34. The molecule has 0 spiro atoms. The number of rotatable bonds is 8. The molecular weight excluding hydrogens is 267 g/mol. The zero-order chi connectivity index (χ0) is 13.4. The van der Waals surface area contributed by atoms with Crippen LogP contribution in [0.3, 0.4) is 0 Å². The number of halogens is 4. The summed E-state index contributed by atoms with van der Waals surface area (Å²) in [4.78, 5) is 2.35. The lowest BCUT2D eigenvalue weighted by atomic mass is 10.1.